The molecular formula is C19H23NO. The summed E-state index contributed by atoms with van der Waals surface area (Å²) < 4.78 is 0. The highest BCUT2D eigenvalue weighted by Gasteiger charge is 2.29. The average molecular weight is 281 g/mol. The van der Waals surface area contributed by atoms with Crippen molar-refractivity contribution in [1.29, 1.82) is 0 Å². The third-order valence-electron chi connectivity index (χ3n) is 4.21. The van der Waals surface area contributed by atoms with Gasteiger partial charge in [0.2, 0.25) is 0 Å². The molecule has 0 spiro atoms. The number of hydrogen-bond acceptors (Lipinski definition) is 2. The van der Waals surface area contributed by atoms with E-state index in [4.69, 9.17) is 0 Å². The molecule has 0 fully saturated rings. The summed E-state index contributed by atoms with van der Waals surface area (Å²) in [6.45, 7) is 4.57. The Labute approximate surface area is 126 Å². The van der Waals surface area contributed by atoms with Crippen molar-refractivity contribution < 1.29 is 5.11 Å². The maximum Gasteiger partial charge on any atom is 0.0591 e. The molecule has 0 aliphatic heterocycles. The van der Waals surface area contributed by atoms with E-state index in [2.05, 4.69) is 67.7 Å². The van der Waals surface area contributed by atoms with Gasteiger partial charge in [0.1, 0.15) is 0 Å². The Balaban J connectivity index is 1.95. The quantitative estimate of drug-likeness (QED) is 0.874. The highest BCUT2D eigenvalue weighted by molar-refractivity contribution is 5.78. The van der Waals surface area contributed by atoms with Crippen molar-refractivity contribution in [2.75, 3.05) is 6.61 Å². The van der Waals surface area contributed by atoms with E-state index >= 15 is 0 Å². The molecule has 1 aliphatic rings. The first-order valence-electron chi connectivity index (χ1n) is 7.76. The van der Waals surface area contributed by atoms with Gasteiger partial charge in [-0.1, -0.05) is 62.4 Å². The second kappa shape index (κ2) is 6.00. The zero-order valence-electron chi connectivity index (χ0n) is 12.7. The minimum absolute atomic E-state index is 0.134. The summed E-state index contributed by atoms with van der Waals surface area (Å²) in [5.41, 5.74) is 5.26. The van der Waals surface area contributed by atoms with E-state index < -0.39 is 0 Å². The van der Waals surface area contributed by atoms with Gasteiger partial charge in [-0.15, -0.1) is 0 Å². The predicted molar refractivity (Wildman–Crippen MR) is 87.2 cm³/mol. The summed E-state index contributed by atoms with van der Waals surface area (Å²) in [4.78, 5) is 0. The fourth-order valence-electron chi connectivity index (χ4n) is 3.34. The molecule has 0 aromatic heterocycles. The van der Waals surface area contributed by atoms with E-state index in [1.54, 1.807) is 0 Å². The summed E-state index contributed by atoms with van der Waals surface area (Å²) >= 11 is 0. The SMILES string of the molecule is CC(C)CC(CO)NC1c2ccccc2-c2ccccc21. The number of nitrogens with one attached hydrogen (secondary N) is 1. The van der Waals surface area contributed by atoms with Crippen molar-refractivity contribution in [1.82, 2.24) is 5.32 Å². The molecule has 1 atom stereocenters. The molecule has 2 aromatic rings. The van der Waals surface area contributed by atoms with Crippen molar-refractivity contribution in [3.8, 4) is 11.1 Å². The first kappa shape index (κ1) is 14.3. The zero-order valence-corrected chi connectivity index (χ0v) is 12.7. The number of aliphatic hydroxyl groups excluding tert-OH is 1. The van der Waals surface area contributed by atoms with Crippen LogP contribution in [0.25, 0.3) is 11.1 Å². The van der Waals surface area contributed by atoms with Crippen molar-refractivity contribution in [3.63, 3.8) is 0 Å². The fourth-order valence-corrected chi connectivity index (χ4v) is 3.34. The van der Waals surface area contributed by atoms with Crippen molar-refractivity contribution in [2.45, 2.75) is 32.4 Å². The Bertz CT molecular complexity index is 575. The summed E-state index contributed by atoms with van der Waals surface area (Å²) in [6, 6.07) is 17.4. The molecule has 3 rings (SSSR count). The van der Waals surface area contributed by atoms with Gasteiger partial charge < -0.3 is 10.4 Å². The van der Waals surface area contributed by atoms with Gasteiger partial charge in [0.15, 0.2) is 0 Å². The largest absolute Gasteiger partial charge is 0.395 e. The number of benzene rings is 2. The van der Waals surface area contributed by atoms with Crippen LogP contribution >= 0.6 is 0 Å². The van der Waals surface area contributed by atoms with Gasteiger partial charge >= 0.3 is 0 Å². The van der Waals surface area contributed by atoms with Crippen molar-refractivity contribution >= 4 is 0 Å². The average Bonchev–Trinajstić information content (AvgIpc) is 2.81. The van der Waals surface area contributed by atoms with Gasteiger partial charge in [-0.25, -0.2) is 0 Å². The molecule has 0 heterocycles. The van der Waals surface area contributed by atoms with Gasteiger partial charge in [0.25, 0.3) is 0 Å². The molecule has 21 heavy (non-hydrogen) atoms. The van der Waals surface area contributed by atoms with E-state index in [1.165, 1.54) is 22.3 Å². The Hall–Kier alpha value is -1.64. The molecular weight excluding hydrogens is 258 g/mol. The second-order valence-corrected chi connectivity index (χ2v) is 6.28. The van der Waals surface area contributed by atoms with E-state index in [-0.39, 0.29) is 18.7 Å². The lowest BCUT2D eigenvalue weighted by Gasteiger charge is -2.24. The molecule has 0 radical (unpaired) electrons. The minimum Gasteiger partial charge on any atom is -0.395 e. The monoisotopic (exact) mass is 281 g/mol. The van der Waals surface area contributed by atoms with Crippen LogP contribution in [0.4, 0.5) is 0 Å². The standard InChI is InChI=1S/C19H23NO/c1-13(2)11-14(12-21)20-19-17-9-5-3-7-15(17)16-8-4-6-10-18(16)19/h3-10,13-14,19-21H,11-12H2,1-2H3. The third-order valence-corrected chi connectivity index (χ3v) is 4.21. The Kier molecular flexibility index (Phi) is 4.09. The number of hydrogen-bond donors (Lipinski definition) is 2. The van der Waals surface area contributed by atoms with E-state index in [9.17, 15) is 5.11 Å². The molecule has 0 amide bonds. The molecule has 2 heteroatoms. The molecule has 2 N–H and O–H groups in total. The molecule has 1 unspecified atom stereocenters. The highest BCUT2D eigenvalue weighted by Crippen LogP contribution is 2.43. The molecule has 110 valence electrons. The van der Waals surface area contributed by atoms with Crippen LogP contribution in [0.5, 0.6) is 0 Å². The molecule has 2 nitrogen and oxygen atoms in total. The first-order valence-corrected chi connectivity index (χ1v) is 7.76. The molecule has 2 aromatic carbocycles. The van der Waals surface area contributed by atoms with Crippen LogP contribution in [0.15, 0.2) is 48.5 Å². The topological polar surface area (TPSA) is 32.3 Å². The van der Waals surface area contributed by atoms with Crippen molar-refractivity contribution in [3.05, 3.63) is 59.7 Å². The molecule has 0 saturated heterocycles. The van der Waals surface area contributed by atoms with Crippen LogP contribution in [-0.4, -0.2) is 17.8 Å². The van der Waals surface area contributed by atoms with Crippen LogP contribution < -0.4 is 5.32 Å². The first-order chi connectivity index (χ1) is 10.2. The normalized spacial score (nSPS) is 15.0. The molecule has 0 bridgehead atoms. The number of fused-ring (bicyclic) bond motifs is 3. The van der Waals surface area contributed by atoms with Gasteiger partial charge in [-0.05, 0) is 34.6 Å². The molecule has 1 aliphatic carbocycles. The van der Waals surface area contributed by atoms with Gasteiger partial charge in [0, 0.05) is 6.04 Å². The summed E-state index contributed by atoms with van der Waals surface area (Å²) in [5, 5.41) is 13.3. The van der Waals surface area contributed by atoms with E-state index in [0.29, 0.717) is 5.92 Å². The Morgan fingerprint density at radius 2 is 1.48 bits per heavy atom. The van der Waals surface area contributed by atoms with E-state index in [0.717, 1.165) is 6.42 Å². The third kappa shape index (κ3) is 2.74. The summed E-state index contributed by atoms with van der Waals surface area (Å²) in [7, 11) is 0. The highest BCUT2D eigenvalue weighted by atomic mass is 16.3. The Morgan fingerprint density at radius 3 is 1.95 bits per heavy atom. The summed E-state index contributed by atoms with van der Waals surface area (Å²) in [6.07, 6.45) is 0.983. The lowest BCUT2D eigenvalue weighted by atomic mass is 10.00. The maximum atomic E-state index is 9.67. The van der Waals surface area contributed by atoms with Gasteiger partial charge in [0.05, 0.1) is 12.6 Å². The zero-order chi connectivity index (χ0) is 14.8. The number of aliphatic hydroxyl groups is 1. The maximum absolute atomic E-state index is 9.67. The summed E-state index contributed by atoms with van der Waals surface area (Å²) in [5.74, 6) is 0.571. The molecule has 0 saturated carbocycles. The number of rotatable bonds is 5. The van der Waals surface area contributed by atoms with E-state index in [1.807, 2.05) is 0 Å². The lowest BCUT2D eigenvalue weighted by molar-refractivity contribution is 0.218. The van der Waals surface area contributed by atoms with Crippen LogP contribution in [0, 0.1) is 5.92 Å². The van der Waals surface area contributed by atoms with Gasteiger partial charge in [-0.3, -0.25) is 0 Å². The second-order valence-electron chi connectivity index (χ2n) is 6.28. The minimum atomic E-state index is 0.134. The van der Waals surface area contributed by atoms with Crippen LogP contribution in [0.1, 0.15) is 37.4 Å². The Morgan fingerprint density at radius 1 is 0.952 bits per heavy atom. The smallest absolute Gasteiger partial charge is 0.0591 e. The predicted octanol–water partition coefficient (Wildman–Crippen LogP) is 3.75. The van der Waals surface area contributed by atoms with Gasteiger partial charge in [-0.2, -0.15) is 0 Å². The van der Waals surface area contributed by atoms with Crippen LogP contribution in [0.3, 0.4) is 0 Å². The van der Waals surface area contributed by atoms with Crippen LogP contribution in [0.2, 0.25) is 0 Å². The fraction of sp³-hybridized carbons (Fsp3) is 0.368. The lowest BCUT2D eigenvalue weighted by Crippen LogP contribution is -2.36. The van der Waals surface area contributed by atoms with Crippen LogP contribution in [-0.2, 0) is 0 Å². The van der Waals surface area contributed by atoms with Crippen molar-refractivity contribution in [2.24, 2.45) is 5.92 Å².